The first kappa shape index (κ1) is 22.1. The molecule has 0 aromatic heterocycles. The van der Waals surface area contributed by atoms with Gasteiger partial charge < -0.3 is 10.5 Å². The van der Waals surface area contributed by atoms with Crippen LogP contribution in [0.4, 0.5) is 0 Å². The Bertz CT molecular complexity index is 728. The molecule has 0 spiro atoms. The summed E-state index contributed by atoms with van der Waals surface area (Å²) in [4.78, 5) is 12.1. The number of carbonyl (C=O) groups is 1. The Balaban J connectivity index is 0.00000261. The number of hydrogen-bond donors (Lipinski definition) is 1. The van der Waals surface area contributed by atoms with Gasteiger partial charge in [0.1, 0.15) is 0 Å². The van der Waals surface area contributed by atoms with Crippen molar-refractivity contribution in [1.29, 1.82) is 0 Å². The minimum Gasteiger partial charge on any atom is -0.469 e. The van der Waals surface area contributed by atoms with Crippen molar-refractivity contribution in [3.63, 3.8) is 0 Å². The molecule has 0 bridgehead atoms. The standard InChI is InChI=1S/C19H28N2O4S.ClH/c1-25-19(22)16-9-5-6-10-18(16)26(23,24)21-12-15(11-20)17(13-21)14-7-3-2-4-8-14;/h2-4,7-8,15-18H,5-6,9-13,20H2,1H3;1H/t15-,16?,17+,18?;/m1./s1. The van der Waals surface area contributed by atoms with Crippen molar-refractivity contribution in [3.8, 4) is 0 Å². The summed E-state index contributed by atoms with van der Waals surface area (Å²) in [6.07, 6.45) is 2.78. The fourth-order valence-corrected chi connectivity index (χ4v) is 6.70. The van der Waals surface area contributed by atoms with E-state index in [9.17, 15) is 13.2 Å². The Morgan fingerprint density at radius 3 is 2.48 bits per heavy atom. The molecular weight excluding hydrogens is 388 g/mol. The zero-order valence-corrected chi connectivity index (χ0v) is 17.3. The summed E-state index contributed by atoms with van der Waals surface area (Å²) in [7, 11) is -2.25. The van der Waals surface area contributed by atoms with E-state index in [1.807, 2.05) is 30.3 Å². The lowest BCUT2D eigenvalue weighted by Gasteiger charge is -2.32. The third kappa shape index (κ3) is 4.47. The van der Waals surface area contributed by atoms with Crippen molar-refractivity contribution in [3.05, 3.63) is 35.9 Å². The quantitative estimate of drug-likeness (QED) is 0.742. The minimum absolute atomic E-state index is 0. The number of methoxy groups -OCH3 is 1. The molecule has 1 aliphatic heterocycles. The first-order valence-corrected chi connectivity index (χ1v) is 10.8. The summed E-state index contributed by atoms with van der Waals surface area (Å²) in [6.45, 7) is 1.29. The highest BCUT2D eigenvalue weighted by Gasteiger charge is 2.47. The van der Waals surface area contributed by atoms with E-state index in [4.69, 9.17) is 10.5 Å². The van der Waals surface area contributed by atoms with E-state index in [0.29, 0.717) is 32.5 Å². The molecule has 2 N–H and O–H groups in total. The van der Waals surface area contributed by atoms with Crippen molar-refractivity contribution >= 4 is 28.4 Å². The molecule has 1 aliphatic carbocycles. The van der Waals surface area contributed by atoms with Gasteiger partial charge in [-0.15, -0.1) is 12.4 Å². The molecule has 0 amide bonds. The number of hydrogen-bond acceptors (Lipinski definition) is 5. The lowest BCUT2D eigenvalue weighted by molar-refractivity contribution is -0.146. The van der Waals surface area contributed by atoms with E-state index in [2.05, 4.69) is 0 Å². The second-order valence-electron chi connectivity index (χ2n) is 7.33. The largest absolute Gasteiger partial charge is 0.469 e. The smallest absolute Gasteiger partial charge is 0.310 e. The van der Waals surface area contributed by atoms with Gasteiger partial charge in [-0.25, -0.2) is 12.7 Å². The van der Waals surface area contributed by atoms with Gasteiger partial charge in [0.2, 0.25) is 10.0 Å². The Labute approximate surface area is 167 Å². The lowest BCUT2D eigenvalue weighted by Crippen LogP contribution is -2.45. The summed E-state index contributed by atoms with van der Waals surface area (Å²) in [5.41, 5.74) is 7.07. The highest BCUT2D eigenvalue weighted by Crippen LogP contribution is 2.38. The van der Waals surface area contributed by atoms with Crippen LogP contribution in [-0.4, -0.2) is 50.7 Å². The molecule has 4 atom stereocenters. The molecule has 1 heterocycles. The number of nitrogens with two attached hydrogens (primary N) is 1. The number of benzene rings is 1. The van der Waals surface area contributed by atoms with Crippen LogP contribution in [-0.2, 0) is 19.6 Å². The third-order valence-corrected chi connectivity index (χ3v) is 8.23. The molecule has 152 valence electrons. The normalized spacial score (nSPS) is 29.1. The van der Waals surface area contributed by atoms with E-state index in [0.717, 1.165) is 18.4 Å². The van der Waals surface area contributed by atoms with E-state index < -0.39 is 27.2 Å². The number of rotatable bonds is 5. The number of ether oxygens (including phenoxy) is 1. The number of halogens is 1. The van der Waals surface area contributed by atoms with Crippen molar-refractivity contribution in [2.75, 3.05) is 26.7 Å². The second-order valence-corrected chi connectivity index (χ2v) is 9.48. The zero-order chi connectivity index (χ0) is 18.7. The first-order chi connectivity index (χ1) is 12.5. The Morgan fingerprint density at radius 2 is 1.85 bits per heavy atom. The van der Waals surface area contributed by atoms with Crippen LogP contribution < -0.4 is 5.73 Å². The van der Waals surface area contributed by atoms with Gasteiger partial charge in [-0.1, -0.05) is 43.2 Å². The van der Waals surface area contributed by atoms with Crippen LogP contribution in [0.15, 0.2) is 30.3 Å². The third-order valence-electron chi connectivity index (χ3n) is 5.89. The highest BCUT2D eigenvalue weighted by molar-refractivity contribution is 7.89. The molecule has 1 aromatic carbocycles. The van der Waals surface area contributed by atoms with Crippen molar-refractivity contribution in [2.24, 2.45) is 17.6 Å². The monoisotopic (exact) mass is 416 g/mol. The van der Waals surface area contributed by atoms with Gasteiger partial charge in [0.25, 0.3) is 0 Å². The van der Waals surface area contributed by atoms with E-state index in [1.165, 1.54) is 7.11 Å². The fourth-order valence-electron chi connectivity index (χ4n) is 4.42. The van der Waals surface area contributed by atoms with E-state index in [1.54, 1.807) is 4.31 Å². The molecule has 1 saturated heterocycles. The maximum atomic E-state index is 13.3. The van der Waals surface area contributed by atoms with Crippen LogP contribution in [0.1, 0.15) is 37.2 Å². The molecule has 1 saturated carbocycles. The van der Waals surface area contributed by atoms with Gasteiger partial charge in [-0.05, 0) is 30.9 Å². The molecule has 27 heavy (non-hydrogen) atoms. The molecule has 1 aromatic rings. The summed E-state index contributed by atoms with van der Waals surface area (Å²) >= 11 is 0. The summed E-state index contributed by atoms with van der Waals surface area (Å²) in [6, 6.07) is 9.94. The zero-order valence-electron chi connectivity index (χ0n) is 15.6. The molecule has 0 radical (unpaired) electrons. The van der Waals surface area contributed by atoms with Crippen LogP contribution in [0.5, 0.6) is 0 Å². The number of sulfonamides is 1. The molecule has 2 fully saturated rings. The van der Waals surface area contributed by atoms with Gasteiger partial charge >= 0.3 is 5.97 Å². The minimum atomic E-state index is -3.57. The molecule has 2 unspecified atom stereocenters. The van der Waals surface area contributed by atoms with Gasteiger partial charge in [-0.2, -0.15) is 0 Å². The van der Waals surface area contributed by atoms with Gasteiger partial charge in [0, 0.05) is 19.0 Å². The average molecular weight is 417 g/mol. The summed E-state index contributed by atoms with van der Waals surface area (Å²) in [5.74, 6) is -0.790. The maximum absolute atomic E-state index is 13.3. The summed E-state index contributed by atoms with van der Waals surface area (Å²) < 4.78 is 33.1. The summed E-state index contributed by atoms with van der Waals surface area (Å²) in [5, 5.41) is -0.684. The first-order valence-electron chi connectivity index (χ1n) is 9.30. The van der Waals surface area contributed by atoms with E-state index in [-0.39, 0.29) is 24.2 Å². The van der Waals surface area contributed by atoms with Gasteiger partial charge in [-0.3, -0.25) is 4.79 Å². The Kier molecular flexibility index (Phi) is 7.68. The number of esters is 1. The van der Waals surface area contributed by atoms with Gasteiger partial charge in [0.05, 0.1) is 18.3 Å². The Hall–Kier alpha value is -1.15. The van der Waals surface area contributed by atoms with Crippen LogP contribution in [0.2, 0.25) is 0 Å². The van der Waals surface area contributed by atoms with Crippen LogP contribution in [0, 0.1) is 11.8 Å². The van der Waals surface area contributed by atoms with Crippen molar-refractivity contribution in [1.82, 2.24) is 4.31 Å². The van der Waals surface area contributed by atoms with Crippen LogP contribution >= 0.6 is 12.4 Å². The SMILES string of the molecule is COC(=O)C1CCCCC1S(=O)(=O)N1C[C@@H](CN)[C@H](c2ccccc2)C1.Cl. The molecular formula is C19H29ClN2O4S. The van der Waals surface area contributed by atoms with Crippen LogP contribution in [0.3, 0.4) is 0 Å². The predicted molar refractivity (Wildman–Crippen MR) is 107 cm³/mol. The fraction of sp³-hybridized carbons (Fsp3) is 0.632. The average Bonchev–Trinajstić information content (AvgIpc) is 3.13. The number of carbonyl (C=O) groups excluding carboxylic acids is 1. The molecule has 6 nitrogen and oxygen atoms in total. The second kappa shape index (κ2) is 9.37. The lowest BCUT2D eigenvalue weighted by atomic mass is 9.89. The van der Waals surface area contributed by atoms with Crippen LogP contribution in [0.25, 0.3) is 0 Å². The topological polar surface area (TPSA) is 89.7 Å². The highest BCUT2D eigenvalue weighted by atomic mass is 35.5. The number of nitrogens with zero attached hydrogens (tertiary/aromatic N) is 1. The Morgan fingerprint density at radius 1 is 1.19 bits per heavy atom. The predicted octanol–water partition coefficient (Wildman–Crippen LogP) is 2.14. The van der Waals surface area contributed by atoms with Gasteiger partial charge in [0.15, 0.2) is 0 Å². The van der Waals surface area contributed by atoms with E-state index >= 15 is 0 Å². The molecule has 3 rings (SSSR count). The molecule has 8 heteroatoms. The van der Waals surface area contributed by atoms with Crippen molar-refractivity contribution in [2.45, 2.75) is 36.9 Å². The van der Waals surface area contributed by atoms with Crippen molar-refractivity contribution < 1.29 is 17.9 Å². The maximum Gasteiger partial charge on any atom is 0.310 e. The molecule has 2 aliphatic rings.